The van der Waals surface area contributed by atoms with Crippen LogP contribution in [-0.2, 0) is 9.59 Å². The normalized spacial score (nSPS) is 21.0. The van der Waals surface area contributed by atoms with Crippen LogP contribution in [0.3, 0.4) is 0 Å². The van der Waals surface area contributed by atoms with Gasteiger partial charge in [-0.25, -0.2) is 0 Å². The van der Waals surface area contributed by atoms with Crippen LogP contribution in [0.25, 0.3) is 0 Å². The Balaban J connectivity index is 1.56. The van der Waals surface area contributed by atoms with E-state index in [-0.39, 0.29) is 11.8 Å². The molecule has 0 bridgehead atoms. The minimum atomic E-state index is -0.409. The van der Waals surface area contributed by atoms with Crippen molar-refractivity contribution in [2.45, 2.75) is 44.6 Å². The molecule has 7 heteroatoms. The number of likely N-dealkylation sites (tertiary alicyclic amines) is 1. The minimum absolute atomic E-state index is 0.0882. The van der Waals surface area contributed by atoms with Crippen LogP contribution < -0.4 is 10.6 Å². The zero-order valence-electron chi connectivity index (χ0n) is 14.8. The van der Waals surface area contributed by atoms with Crippen molar-refractivity contribution < 1.29 is 9.59 Å². The van der Waals surface area contributed by atoms with Gasteiger partial charge in [-0.3, -0.25) is 9.59 Å². The van der Waals surface area contributed by atoms with E-state index in [9.17, 15) is 9.59 Å². The SMILES string of the molecule is O=C(Nc1cc(Cl)cc(Cl)c1)C1CCCN1C(=O)CCC1CCNCC1. The number of carbonyl (C=O) groups is 2. The molecule has 3 rings (SSSR count). The Labute approximate surface area is 164 Å². The van der Waals surface area contributed by atoms with Crippen molar-refractivity contribution in [3.63, 3.8) is 0 Å². The van der Waals surface area contributed by atoms with E-state index in [2.05, 4.69) is 10.6 Å². The third kappa shape index (κ3) is 5.12. The molecule has 0 spiro atoms. The van der Waals surface area contributed by atoms with Crippen LogP contribution in [0.5, 0.6) is 0 Å². The molecular weight excluding hydrogens is 373 g/mol. The van der Waals surface area contributed by atoms with Gasteiger partial charge in [0.15, 0.2) is 0 Å². The lowest BCUT2D eigenvalue weighted by molar-refractivity contribution is -0.136. The summed E-state index contributed by atoms with van der Waals surface area (Å²) >= 11 is 12.0. The van der Waals surface area contributed by atoms with Crippen LogP contribution in [0.15, 0.2) is 18.2 Å². The number of nitrogens with one attached hydrogen (secondary N) is 2. The molecule has 26 heavy (non-hydrogen) atoms. The summed E-state index contributed by atoms with van der Waals surface area (Å²) in [5.74, 6) is 0.532. The maximum atomic E-state index is 12.7. The molecule has 1 aromatic rings. The van der Waals surface area contributed by atoms with E-state index in [1.165, 1.54) is 0 Å². The number of anilines is 1. The van der Waals surface area contributed by atoms with Crippen LogP contribution in [0.2, 0.25) is 10.0 Å². The quantitative estimate of drug-likeness (QED) is 0.795. The van der Waals surface area contributed by atoms with Crippen LogP contribution in [0.1, 0.15) is 38.5 Å². The second-order valence-corrected chi connectivity index (χ2v) is 8.00. The highest BCUT2D eigenvalue weighted by Crippen LogP contribution is 2.26. The molecule has 142 valence electrons. The fraction of sp³-hybridized carbons (Fsp3) is 0.579. The summed E-state index contributed by atoms with van der Waals surface area (Å²) in [5, 5.41) is 7.12. The zero-order chi connectivity index (χ0) is 18.5. The summed E-state index contributed by atoms with van der Waals surface area (Å²) in [5.41, 5.74) is 0.557. The molecule has 2 heterocycles. The van der Waals surface area contributed by atoms with Crippen molar-refractivity contribution >= 4 is 40.7 Å². The number of benzene rings is 1. The highest BCUT2D eigenvalue weighted by Gasteiger charge is 2.34. The monoisotopic (exact) mass is 397 g/mol. The van der Waals surface area contributed by atoms with Gasteiger partial charge in [-0.1, -0.05) is 23.2 Å². The summed E-state index contributed by atoms with van der Waals surface area (Å²) in [4.78, 5) is 27.0. The lowest BCUT2D eigenvalue weighted by Gasteiger charge is -2.26. The Hall–Kier alpha value is -1.30. The Kier molecular flexibility index (Phi) is 6.79. The summed E-state index contributed by atoms with van der Waals surface area (Å²) in [6.45, 7) is 2.73. The van der Waals surface area contributed by atoms with Gasteiger partial charge in [-0.15, -0.1) is 0 Å². The minimum Gasteiger partial charge on any atom is -0.331 e. The first-order valence-corrected chi connectivity index (χ1v) is 10.1. The van der Waals surface area contributed by atoms with Gasteiger partial charge in [0.2, 0.25) is 11.8 Å². The van der Waals surface area contributed by atoms with Crippen molar-refractivity contribution in [1.82, 2.24) is 10.2 Å². The van der Waals surface area contributed by atoms with E-state index >= 15 is 0 Å². The Bertz CT molecular complexity index is 642. The lowest BCUT2D eigenvalue weighted by atomic mass is 9.93. The maximum absolute atomic E-state index is 12.7. The first-order chi connectivity index (χ1) is 12.5. The van der Waals surface area contributed by atoms with Crippen molar-refractivity contribution in [1.29, 1.82) is 0 Å². The molecule has 0 aliphatic carbocycles. The van der Waals surface area contributed by atoms with Crippen molar-refractivity contribution in [2.75, 3.05) is 25.0 Å². The van der Waals surface area contributed by atoms with E-state index in [1.807, 2.05) is 0 Å². The van der Waals surface area contributed by atoms with Crippen molar-refractivity contribution in [3.8, 4) is 0 Å². The third-order valence-corrected chi connectivity index (χ3v) is 5.67. The second-order valence-electron chi connectivity index (χ2n) is 7.12. The number of rotatable bonds is 5. The summed E-state index contributed by atoms with van der Waals surface area (Å²) < 4.78 is 0. The summed E-state index contributed by atoms with van der Waals surface area (Å²) in [7, 11) is 0. The standard InChI is InChI=1S/C19H25Cl2N3O2/c20-14-10-15(21)12-16(11-14)23-19(26)17-2-1-9-24(17)18(25)4-3-13-5-7-22-8-6-13/h10-13,17,22H,1-9H2,(H,23,26). The molecule has 1 aromatic carbocycles. The molecule has 2 aliphatic rings. The Morgan fingerprint density at radius 1 is 1.12 bits per heavy atom. The van der Waals surface area contributed by atoms with Gasteiger partial charge < -0.3 is 15.5 Å². The number of amides is 2. The number of hydrogen-bond donors (Lipinski definition) is 2. The topological polar surface area (TPSA) is 61.4 Å². The molecule has 1 atom stereocenters. The van der Waals surface area contributed by atoms with E-state index < -0.39 is 6.04 Å². The van der Waals surface area contributed by atoms with Crippen LogP contribution in [0, 0.1) is 5.92 Å². The van der Waals surface area contributed by atoms with Crippen molar-refractivity contribution in [3.05, 3.63) is 28.2 Å². The first-order valence-electron chi connectivity index (χ1n) is 9.30. The van der Waals surface area contributed by atoms with Gasteiger partial charge in [-0.2, -0.15) is 0 Å². The average molecular weight is 398 g/mol. The predicted octanol–water partition coefficient (Wildman–Crippen LogP) is 3.70. The van der Waals surface area contributed by atoms with Crippen molar-refractivity contribution in [2.24, 2.45) is 5.92 Å². The molecule has 2 aliphatic heterocycles. The molecule has 2 saturated heterocycles. The van der Waals surface area contributed by atoms with Gasteiger partial charge >= 0.3 is 0 Å². The van der Waals surface area contributed by atoms with Gasteiger partial charge in [0.05, 0.1) is 0 Å². The predicted molar refractivity (Wildman–Crippen MR) is 105 cm³/mol. The number of piperidine rings is 1. The fourth-order valence-corrected chi connectivity index (χ4v) is 4.36. The van der Waals surface area contributed by atoms with Gasteiger partial charge in [0, 0.05) is 28.7 Å². The molecule has 5 nitrogen and oxygen atoms in total. The highest BCUT2D eigenvalue weighted by molar-refractivity contribution is 6.35. The highest BCUT2D eigenvalue weighted by atomic mass is 35.5. The summed E-state index contributed by atoms with van der Waals surface area (Å²) in [6, 6.07) is 4.52. The smallest absolute Gasteiger partial charge is 0.247 e. The van der Waals surface area contributed by atoms with Crippen LogP contribution in [0.4, 0.5) is 5.69 Å². The third-order valence-electron chi connectivity index (χ3n) is 5.23. The molecule has 1 unspecified atom stereocenters. The zero-order valence-corrected chi connectivity index (χ0v) is 16.3. The summed E-state index contributed by atoms with van der Waals surface area (Å²) in [6.07, 6.45) is 5.25. The van der Waals surface area contributed by atoms with E-state index in [0.717, 1.165) is 38.8 Å². The molecule has 2 N–H and O–H groups in total. The number of nitrogens with zero attached hydrogens (tertiary/aromatic N) is 1. The molecular formula is C19H25Cl2N3O2. The largest absolute Gasteiger partial charge is 0.331 e. The molecule has 0 aromatic heterocycles. The fourth-order valence-electron chi connectivity index (χ4n) is 3.83. The van der Waals surface area contributed by atoms with Gasteiger partial charge in [0.25, 0.3) is 0 Å². The maximum Gasteiger partial charge on any atom is 0.247 e. The molecule has 0 radical (unpaired) electrons. The lowest BCUT2D eigenvalue weighted by Crippen LogP contribution is -2.43. The number of halogens is 2. The van der Waals surface area contributed by atoms with Gasteiger partial charge in [-0.05, 0) is 69.3 Å². The Morgan fingerprint density at radius 2 is 1.81 bits per heavy atom. The van der Waals surface area contributed by atoms with Crippen LogP contribution in [-0.4, -0.2) is 42.4 Å². The van der Waals surface area contributed by atoms with Crippen LogP contribution >= 0.6 is 23.2 Å². The molecule has 0 saturated carbocycles. The Morgan fingerprint density at radius 3 is 2.50 bits per heavy atom. The first kappa shape index (κ1) is 19.5. The number of hydrogen-bond acceptors (Lipinski definition) is 3. The average Bonchev–Trinajstić information content (AvgIpc) is 3.09. The van der Waals surface area contributed by atoms with E-state index in [4.69, 9.17) is 23.2 Å². The van der Waals surface area contributed by atoms with E-state index in [1.54, 1.807) is 23.1 Å². The van der Waals surface area contributed by atoms with E-state index in [0.29, 0.717) is 41.0 Å². The van der Waals surface area contributed by atoms with Gasteiger partial charge in [0.1, 0.15) is 6.04 Å². The molecule has 2 amide bonds. The second kappa shape index (κ2) is 9.07. The molecule has 2 fully saturated rings. The number of carbonyl (C=O) groups excluding carboxylic acids is 2.